The summed E-state index contributed by atoms with van der Waals surface area (Å²) in [5, 5.41) is 0. The number of benzene rings is 1. The maximum atomic E-state index is 6.06. The Kier molecular flexibility index (Phi) is 4.02. The van der Waals surface area contributed by atoms with Crippen LogP contribution in [0.2, 0.25) is 0 Å². The van der Waals surface area contributed by atoms with E-state index < -0.39 is 0 Å². The van der Waals surface area contributed by atoms with Gasteiger partial charge in [0, 0.05) is 17.6 Å². The highest BCUT2D eigenvalue weighted by Gasteiger charge is 2.20. The van der Waals surface area contributed by atoms with Crippen molar-refractivity contribution in [2.24, 2.45) is 11.5 Å². The van der Waals surface area contributed by atoms with Gasteiger partial charge in [0.05, 0.1) is 6.10 Å². The Morgan fingerprint density at radius 3 is 2.47 bits per heavy atom. The van der Waals surface area contributed by atoms with Gasteiger partial charge >= 0.3 is 0 Å². The van der Waals surface area contributed by atoms with E-state index in [4.69, 9.17) is 16.2 Å². The quantitative estimate of drug-likeness (QED) is 0.844. The van der Waals surface area contributed by atoms with Crippen molar-refractivity contribution in [2.75, 3.05) is 0 Å². The van der Waals surface area contributed by atoms with Crippen molar-refractivity contribution in [3.8, 4) is 5.75 Å². The molecular formula is C14H22N2O. The molecule has 94 valence electrons. The molecule has 1 fully saturated rings. The molecule has 1 saturated carbocycles. The normalized spacial score (nSPS) is 26.5. The zero-order chi connectivity index (χ0) is 12.3. The van der Waals surface area contributed by atoms with E-state index in [2.05, 4.69) is 0 Å². The van der Waals surface area contributed by atoms with Crippen LogP contribution >= 0.6 is 0 Å². The number of hydrogen-bond donors (Lipinski definition) is 2. The fourth-order valence-corrected chi connectivity index (χ4v) is 2.35. The molecule has 1 aromatic rings. The minimum absolute atomic E-state index is 0.0112. The van der Waals surface area contributed by atoms with E-state index in [1.807, 2.05) is 31.2 Å². The van der Waals surface area contributed by atoms with Crippen molar-refractivity contribution < 1.29 is 4.74 Å². The molecule has 2 rings (SSSR count). The first-order valence-corrected chi connectivity index (χ1v) is 6.43. The number of ether oxygens (including phenoxy) is 1. The van der Waals surface area contributed by atoms with Gasteiger partial charge in [-0.25, -0.2) is 0 Å². The van der Waals surface area contributed by atoms with Gasteiger partial charge in [0.25, 0.3) is 0 Å². The third-order valence-corrected chi connectivity index (χ3v) is 3.42. The molecular weight excluding hydrogens is 212 g/mol. The average Bonchev–Trinajstić information content (AvgIpc) is 2.32. The van der Waals surface area contributed by atoms with Gasteiger partial charge in [-0.2, -0.15) is 0 Å². The molecule has 1 aliphatic rings. The molecule has 3 heteroatoms. The Balaban J connectivity index is 2.03. The van der Waals surface area contributed by atoms with Gasteiger partial charge in [-0.05, 0) is 38.7 Å². The highest BCUT2D eigenvalue weighted by Crippen LogP contribution is 2.28. The van der Waals surface area contributed by atoms with Gasteiger partial charge in [-0.3, -0.25) is 0 Å². The summed E-state index contributed by atoms with van der Waals surface area (Å²) < 4.78 is 6.06. The number of nitrogens with two attached hydrogens (primary N) is 2. The lowest BCUT2D eigenvalue weighted by Crippen LogP contribution is -2.32. The van der Waals surface area contributed by atoms with E-state index in [1.165, 1.54) is 0 Å². The molecule has 0 radical (unpaired) electrons. The van der Waals surface area contributed by atoms with Crippen molar-refractivity contribution in [1.29, 1.82) is 0 Å². The Morgan fingerprint density at radius 1 is 1.18 bits per heavy atom. The van der Waals surface area contributed by atoms with Gasteiger partial charge in [0.1, 0.15) is 5.75 Å². The van der Waals surface area contributed by atoms with Crippen LogP contribution in [0.25, 0.3) is 0 Å². The second-order valence-corrected chi connectivity index (χ2v) is 4.98. The Labute approximate surface area is 103 Å². The second kappa shape index (κ2) is 5.52. The predicted molar refractivity (Wildman–Crippen MR) is 69.9 cm³/mol. The number of para-hydroxylation sites is 1. The molecule has 1 unspecified atom stereocenters. The smallest absolute Gasteiger partial charge is 0.124 e. The molecule has 1 atom stereocenters. The topological polar surface area (TPSA) is 61.3 Å². The molecule has 0 amide bonds. The van der Waals surface area contributed by atoms with E-state index in [-0.39, 0.29) is 6.04 Å². The molecule has 0 bridgehead atoms. The van der Waals surface area contributed by atoms with Crippen LogP contribution in [0, 0.1) is 0 Å². The summed E-state index contributed by atoms with van der Waals surface area (Å²) in [4.78, 5) is 0. The zero-order valence-corrected chi connectivity index (χ0v) is 10.4. The second-order valence-electron chi connectivity index (χ2n) is 4.98. The third kappa shape index (κ3) is 3.20. The number of rotatable bonds is 3. The molecule has 0 heterocycles. The fraction of sp³-hybridized carbons (Fsp3) is 0.571. The number of hydrogen-bond acceptors (Lipinski definition) is 3. The van der Waals surface area contributed by atoms with Gasteiger partial charge < -0.3 is 16.2 Å². The molecule has 1 aromatic carbocycles. The van der Waals surface area contributed by atoms with Crippen molar-refractivity contribution in [3.63, 3.8) is 0 Å². The summed E-state index contributed by atoms with van der Waals surface area (Å²) in [5.41, 5.74) is 12.9. The van der Waals surface area contributed by atoms with Crippen molar-refractivity contribution in [1.82, 2.24) is 0 Å². The first-order chi connectivity index (χ1) is 8.16. The summed E-state index contributed by atoms with van der Waals surface area (Å²) in [6.45, 7) is 1.99. The third-order valence-electron chi connectivity index (χ3n) is 3.42. The SMILES string of the molecule is CC(N)c1ccccc1OC1CCC(N)CC1. The summed E-state index contributed by atoms with van der Waals surface area (Å²) >= 11 is 0. The van der Waals surface area contributed by atoms with Crippen LogP contribution in [0.1, 0.15) is 44.2 Å². The minimum Gasteiger partial charge on any atom is -0.490 e. The lowest BCUT2D eigenvalue weighted by molar-refractivity contribution is 0.145. The van der Waals surface area contributed by atoms with Crippen LogP contribution in [0.3, 0.4) is 0 Å². The van der Waals surface area contributed by atoms with E-state index in [0.717, 1.165) is 37.0 Å². The van der Waals surface area contributed by atoms with Crippen LogP contribution < -0.4 is 16.2 Å². The summed E-state index contributed by atoms with van der Waals surface area (Å²) in [7, 11) is 0. The van der Waals surface area contributed by atoms with Gasteiger partial charge in [0.15, 0.2) is 0 Å². The van der Waals surface area contributed by atoms with Crippen molar-refractivity contribution in [2.45, 2.75) is 50.8 Å². The first kappa shape index (κ1) is 12.4. The fourth-order valence-electron chi connectivity index (χ4n) is 2.35. The average molecular weight is 234 g/mol. The Morgan fingerprint density at radius 2 is 1.82 bits per heavy atom. The van der Waals surface area contributed by atoms with Gasteiger partial charge in [0.2, 0.25) is 0 Å². The minimum atomic E-state index is 0.0112. The maximum absolute atomic E-state index is 6.06. The molecule has 0 aliphatic heterocycles. The van der Waals surface area contributed by atoms with Gasteiger partial charge in [-0.15, -0.1) is 0 Å². The molecule has 0 aromatic heterocycles. The highest BCUT2D eigenvalue weighted by molar-refractivity contribution is 5.35. The van der Waals surface area contributed by atoms with Crippen molar-refractivity contribution in [3.05, 3.63) is 29.8 Å². The molecule has 0 spiro atoms. The van der Waals surface area contributed by atoms with Crippen LogP contribution in [-0.4, -0.2) is 12.1 Å². The molecule has 17 heavy (non-hydrogen) atoms. The highest BCUT2D eigenvalue weighted by atomic mass is 16.5. The van der Waals surface area contributed by atoms with Crippen LogP contribution in [-0.2, 0) is 0 Å². The molecule has 4 N–H and O–H groups in total. The predicted octanol–water partition coefficient (Wildman–Crippen LogP) is 2.36. The monoisotopic (exact) mass is 234 g/mol. The Hall–Kier alpha value is -1.06. The van der Waals surface area contributed by atoms with E-state index in [9.17, 15) is 0 Å². The van der Waals surface area contributed by atoms with Crippen LogP contribution in [0.15, 0.2) is 24.3 Å². The van der Waals surface area contributed by atoms with E-state index in [0.29, 0.717) is 12.1 Å². The summed E-state index contributed by atoms with van der Waals surface area (Å²) in [5.74, 6) is 0.933. The molecule has 1 aliphatic carbocycles. The van der Waals surface area contributed by atoms with Crippen molar-refractivity contribution >= 4 is 0 Å². The van der Waals surface area contributed by atoms with E-state index >= 15 is 0 Å². The van der Waals surface area contributed by atoms with Crippen LogP contribution in [0.4, 0.5) is 0 Å². The lowest BCUT2D eigenvalue weighted by atomic mass is 9.93. The Bertz CT molecular complexity index is 357. The summed E-state index contributed by atoms with van der Waals surface area (Å²) in [6, 6.07) is 8.41. The zero-order valence-electron chi connectivity index (χ0n) is 10.4. The first-order valence-electron chi connectivity index (χ1n) is 6.43. The summed E-state index contributed by atoms with van der Waals surface area (Å²) in [6.07, 6.45) is 4.52. The maximum Gasteiger partial charge on any atom is 0.124 e. The van der Waals surface area contributed by atoms with E-state index in [1.54, 1.807) is 0 Å². The molecule has 3 nitrogen and oxygen atoms in total. The largest absolute Gasteiger partial charge is 0.490 e. The lowest BCUT2D eigenvalue weighted by Gasteiger charge is -2.28. The van der Waals surface area contributed by atoms with Crippen LogP contribution in [0.5, 0.6) is 5.75 Å². The van der Waals surface area contributed by atoms with Gasteiger partial charge in [-0.1, -0.05) is 18.2 Å². The molecule has 0 saturated heterocycles. The standard InChI is InChI=1S/C14H22N2O/c1-10(15)13-4-2-3-5-14(13)17-12-8-6-11(16)7-9-12/h2-5,10-12H,6-9,15-16H2,1H3.